The van der Waals surface area contributed by atoms with Crippen LogP contribution in [0.4, 0.5) is 4.79 Å². The number of carbonyl (C=O) groups is 2. The number of carbonyl (C=O) groups excluding carboxylic acids is 2. The Hall–Kier alpha value is -3.91. The largest absolute Gasteiger partial charge is 0.493 e. The van der Waals surface area contributed by atoms with E-state index in [0.717, 1.165) is 22.9 Å². The summed E-state index contributed by atoms with van der Waals surface area (Å²) in [5.74, 6) is 1.93. The number of rotatable bonds is 10. The Kier molecular flexibility index (Phi) is 8.17. The van der Waals surface area contributed by atoms with Gasteiger partial charge in [0, 0.05) is 0 Å². The van der Waals surface area contributed by atoms with Crippen molar-refractivity contribution < 1.29 is 28.5 Å². The van der Waals surface area contributed by atoms with Gasteiger partial charge in [-0.3, -0.25) is 14.5 Å². The van der Waals surface area contributed by atoms with Gasteiger partial charge in [-0.1, -0.05) is 48.0 Å². The molecule has 0 aliphatic carbocycles. The molecule has 0 spiro atoms. The number of amides is 2. The standard InChI is InChI=1S/C28H27NO6S/c1-19-8-10-20(11-9-19)18-35-24-13-12-21(16-25(24)33-3)17-26-27(30)29(28(31)36-26)14-15-34-23-7-5-4-6-22(23)32-2/h4-13,16-17H,14-15,18H2,1-3H3/b26-17-. The molecule has 0 bridgehead atoms. The van der Waals surface area contributed by atoms with Crippen LogP contribution in [-0.4, -0.2) is 43.4 Å². The molecule has 8 heteroatoms. The first-order valence-corrected chi connectivity index (χ1v) is 12.2. The monoisotopic (exact) mass is 505 g/mol. The maximum atomic E-state index is 12.9. The molecule has 2 amide bonds. The molecule has 4 rings (SSSR count). The number of aryl methyl sites for hydroxylation is 1. The average Bonchev–Trinajstić information content (AvgIpc) is 3.16. The SMILES string of the molecule is COc1ccccc1OCCN1C(=O)S/C(=C\c2ccc(OCc3ccc(C)cc3)c(OC)c2)C1=O. The summed E-state index contributed by atoms with van der Waals surface area (Å²) < 4.78 is 22.4. The predicted octanol–water partition coefficient (Wildman–Crippen LogP) is 5.71. The van der Waals surface area contributed by atoms with E-state index in [-0.39, 0.29) is 24.3 Å². The number of benzene rings is 3. The maximum Gasteiger partial charge on any atom is 0.293 e. The quantitative estimate of drug-likeness (QED) is 0.327. The minimum Gasteiger partial charge on any atom is -0.493 e. The Balaban J connectivity index is 1.39. The van der Waals surface area contributed by atoms with E-state index < -0.39 is 0 Å². The molecular formula is C28H27NO6S. The Morgan fingerprint density at radius 3 is 2.25 bits per heavy atom. The molecule has 0 N–H and O–H groups in total. The Morgan fingerprint density at radius 2 is 1.53 bits per heavy atom. The number of imide groups is 1. The number of hydrogen-bond acceptors (Lipinski definition) is 7. The van der Waals surface area contributed by atoms with Gasteiger partial charge in [-0.25, -0.2) is 0 Å². The predicted molar refractivity (Wildman–Crippen MR) is 140 cm³/mol. The summed E-state index contributed by atoms with van der Waals surface area (Å²) in [6.45, 7) is 2.74. The number of thioether (sulfide) groups is 1. The lowest BCUT2D eigenvalue weighted by molar-refractivity contribution is -0.123. The maximum absolute atomic E-state index is 12.9. The number of hydrogen-bond donors (Lipinski definition) is 0. The van der Waals surface area contributed by atoms with Crippen LogP contribution in [0, 0.1) is 6.92 Å². The normalized spacial score (nSPS) is 14.3. The zero-order chi connectivity index (χ0) is 25.5. The van der Waals surface area contributed by atoms with E-state index in [9.17, 15) is 9.59 Å². The number of methoxy groups -OCH3 is 2. The van der Waals surface area contributed by atoms with Crippen LogP contribution in [0.5, 0.6) is 23.0 Å². The van der Waals surface area contributed by atoms with Crippen molar-refractivity contribution in [2.45, 2.75) is 13.5 Å². The fourth-order valence-electron chi connectivity index (χ4n) is 3.57. The summed E-state index contributed by atoms with van der Waals surface area (Å²) in [6, 6.07) is 20.7. The van der Waals surface area contributed by atoms with E-state index in [1.807, 2.05) is 49.4 Å². The molecule has 1 heterocycles. The Morgan fingerprint density at radius 1 is 0.833 bits per heavy atom. The van der Waals surface area contributed by atoms with Gasteiger partial charge in [-0.2, -0.15) is 0 Å². The van der Waals surface area contributed by atoms with Crippen molar-refractivity contribution in [3.05, 3.63) is 88.3 Å². The molecular weight excluding hydrogens is 478 g/mol. The van der Waals surface area contributed by atoms with Gasteiger partial charge < -0.3 is 18.9 Å². The molecule has 0 aromatic heterocycles. The second-order valence-electron chi connectivity index (χ2n) is 8.02. The highest BCUT2D eigenvalue weighted by Crippen LogP contribution is 2.35. The lowest BCUT2D eigenvalue weighted by Gasteiger charge is -2.14. The zero-order valence-electron chi connectivity index (χ0n) is 20.4. The summed E-state index contributed by atoms with van der Waals surface area (Å²) in [5, 5.41) is -0.333. The van der Waals surface area contributed by atoms with Crippen molar-refractivity contribution >= 4 is 29.0 Å². The molecule has 186 valence electrons. The van der Waals surface area contributed by atoms with E-state index in [2.05, 4.69) is 0 Å². The van der Waals surface area contributed by atoms with E-state index in [0.29, 0.717) is 34.5 Å². The van der Waals surface area contributed by atoms with Gasteiger partial charge in [0.25, 0.3) is 11.1 Å². The number of para-hydroxylation sites is 2. The first kappa shape index (κ1) is 25.2. The minimum atomic E-state index is -0.354. The molecule has 3 aromatic rings. The molecule has 1 aliphatic rings. The summed E-state index contributed by atoms with van der Waals surface area (Å²) in [5.41, 5.74) is 2.97. The van der Waals surface area contributed by atoms with Gasteiger partial charge in [-0.05, 0) is 60.2 Å². The summed E-state index contributed by atoms with van der Waals surface area (Å²) >= 11 is 0.903. The third-order valence-electron chi connectivity index (χ3n) is 5.52. The molecule has 0 unspecified atom stereocenters. The van der Waals surface area contributed by atoms with Crippen molar-refractivity contribution in [1.29, 1.82) is 0 Å². The topological polar surface area (TPSA) is 74.3 Å². The van der Waals surface area contributed by atoms with Crippen molar-refractivity contribution in [2.75, 3.05) is 27.4 Å². The van der Waals surface area contributed by atoms with Crippen LogP contribution in [0.3, 0.4) is 0 Å². The van der Waals surface area contributed by atoms with Crippen LogP contribution in [0.15, 0.2) is 71.6 Å². The van der Waals surface area contributed by atoms with Gasteiger partial charge in [-0.15, -0.1) is 0 Å². The molecule has 0 atom stereocenters. The third-order valence-corrected chi connectivity index (χ3v) is 6.42. The smallest absolute Gasteiger partial charge is 0.293 e. The Bertz CT molecular complexity index is 1270. The van der Waals surface area contributed by atoms with Crippen molar-refractivity contribution in [1.82, 2.24) is 4.90 Å². The summed E-state index contributed by atoms with van der Waals surface area (Å²) in [7, 11) is 3.12. The summed E-state index contributed by atoms with van der Waals surface area (Å²) in [4.78, 5) is 26.9. The highest BCUT2D eigenvalue weighted by atomic mass is 32.2. The van der Waals surface area contributed by atoms with Crippen LogP contribution in [0.25, 0.3) is 6.08 Å². The van der Waals surface area contributed by atoms with Gasteiger partial charge in [0.1, 0.15) is 13.2 Å². The second-order valence-corrected chi connectivity index (χ2v) is 9.01. The van der Waals surface area contributed by atoms with Crippen LogP contribution < -0.4 is 18.9 Å². The molecule has 7 nitrogen and oxygen atoms in total. The first-order chi connectivity index (χ1) is 17.5. The van der Waals surface area contributed by atoms with Crippen LogP contribution in [0.2, 0.25) is 0 Å². The molecule has 0 radical (unpaired) electrons. The van der Waals surface area contributed by atoms with Gasteiger partial charge in [0.2, 0.25) is 0 Å². The average molecular weight is 506 g/mol. The second kappa shape index (κ2) is 11.7. The van der Waals surface area contributed by atoms with Gasteiger partial charge in [0.05, 0.1) is 25.7 Å². The lowest BCUT2D eigenvalue weighted by atomic mass is 10.1. The van der Waals surface area contributed by atoms with Crippen molar-refractivity contribution in [3.63, 3.8) is 0 Å². The van der Waals surface area contributed by atoms with Crippen molar-refractivity contribution in [2.24, 2.45) is 0 Å². The third kappa shape index (κ3) is 6.01. The minimum absolute atomic E-state index is 0.134. The van der Waals surface area contributed by atoms with Crippen molar-refractivity contribution in [3.8, 4) is 23.0 Å². The van der Waals surface area contributed by atoms with E-state index >= 15 is 0 Å². The lowest BCUT2D eigenvalue weighted by Crippen LogP contribution is -2.32. The number of nitrogens with zero attached hydrogens (tertiary/aromatic N) is 1. The molecule has 3 aromatic carbocycles. The summed E-state index contributed by atoms with van der Waals surface area (Å²) in [6.07, 6.45) is 1.68. The first-order valence-electron chi connectivity index (χ1n) is 11.4. The highest BCUT2D eigenvalue weighted by molar-refractivity contribution is 8.18. The van der Waals surface area contributed by atoms with E-state index in [4.69, 9.17) is 18.9 Å². The zero-order valence-corrected chi connectivity index (χ0v) is 21.2. The molecule has 36 heavy (non-hydrogen) atoms. The van der Waals surface area contributed by atoms with Crippen LogP contribution in [-0.2, 0) is 11.4 Å². The number of ether oxygens (including phenoxy) is 4. The van der Waals surface area contributed by atoms with E-state index in [1.54, 1.807) is 44.6 Å². The molecule has 1 aliphatic heterocycles. The fraction of sp³-hybridized carbons (Fsp3) is 0.214. The van der Waals surface area contributed by atoms with Gasteiger partial charge in [0.15, 0.2) is 23.0 Å². The molecule has 0 saturated carbocycles. The highest BCUT2D eigenvalue weighted by Gasteiger charge is 2.34. The fourth-order valence-corrected chi connectivity index (χ4v) is 4.43. The van der Waals surface area contributed by atoms with Gasteiger partial charge >= 0.3 is 0 Å². The Labute approximate surface area is 214 Å². The molecule has 1 fully saturated rings. The van der Waals surface area contributed by atoms with Crippen LogP contribution in [0.1, 0.15) is 16.7 Å². The molecule has 1 saturated heterocycles. The van der Waals surface area contributed by atoms with E-state index in [1.165, 1.54) is 10.5 Å². The van der Waals surface area contributed by atoms with Crippen LogP contribution >= 0.6 is 11.8 Å².